The van der Waals surface area contributed by atoms with Crippen LogP contribution in [0.4, 0.5) is 28.4 Å². The van der Waals surface area contributed by atoms with E-state index in [1.165, 1.54) is 24.3 Å². The van der Waals surface area contributed by atoms with Gasteiger partial charge < -0.3 is 24.5 Å². The molecule has 0 amide bonds. The van der Waals surface area contributed by atoms with Gasteiger partial charge in [0.2, 0.25) is 20.8 Å². The fraction of sp³-hybridized carbons (Fsp3) is 0.154. The van der Waals surface area contributed by atoms with Crippen molar-refractivity contribution in [2.24, 2.45) is 20.5 Å². The first-order valence-electron chi connectivity index (χ1n) is 13.7. The molecule has 0 atom stereocenters. The molecular weight excluding hydrogens is 868 g/mol. The third kappa shape index (κ3) is 14.7. The van der Waals surface area contributed by atoms with E-state index in [1.54, 1.807) is 0 Å². The Morgan fingerprint density at radius 3 is 1.35 bits per heavy atom. The first-order valence-corrected chi connectivity index (χ1v) is 21.1. The molecule has 55 heavy (non-hydrogen) atoms. The molecule has 0 spiro atoms. The number of azo groups is 2. The second-order valence-electron chi connectivity index (χ2n) is 10.1. The molecule has 3 N–H and O–H groups in total. The second-order valence-corrected chi connectivity index (χ2v) is 17.8. The number of anilines is 1. The van der Waals surface area contributed by atoms with Crippen LogP contribution in [0.25, 0.3) is 10.8 Å². The molecule has 0 heterocycles. The van der Waals surface area contributed by atoms with Crippen molar-refractivity contribution in [2.75, 3.05) is 30.5 Å². The van der Waals surface area contributed by atoms with Gasteiger partial charge in [-0.25, -0.2) is 42.1 Å². The van der Waals surface area contributed by atoms with E-state index in [0.717, 1.165) is 42.5 Å². The molecule has 0 fully saturated rings. The van der Waals surface area contributed by atoms with Gasteiger partial charge in [-0.3, -0.25) is 8.37 Å². The average molecular weight is 890 g/mol. The zero-order valence-corrected chi connectivity index (χ0v) is 38.7. The predicted octanol–water partition coefficient (Wildman–Crippen LogP) is -6.62. The number of aromatic hydroxyl groups is 1. The molecule has 280 valence electrons. The standard InChI is InChI=1S/C26H25N5O16S5.3Na/c27-22-10-9-20-21(24(22)30-28-16-1-5-18(6-2-16)48(33,34)13-11-46-51(40,41)42)15-23(50(37,38)39)25(26(20)32)31-29-17-3-7-19(8-4-17)49(35,36)14-12-47-52(43,44)45;;;/h1-10,15,32H,11-14,27H2,(H,37,38,39)(H,40,41,42)(H,43,44,45);;;/q;3*+1/p-3. The molecule has 0 bridgehead atoms. The first-order chi connectivity index (χ1) is 24.0. The van der Waals surface area contributed by atoms with Crippen molar-refractivity contribution in [3.05, 3.63) is 66.7 Å². The Bertz CT molecular complexity index is 2650. The van der Waals surface area contributed by atoms with Crippen molar-refractivity contribution in [3.8, 4) is 5.75 Å². The van der Waals surface area contributed by atoms with Gasteiger partial charge in [0.15, 0.2) is 25.4 Å². The molecular formula is C26H22N5Na3O16S5. The SMILES string of the molecule is Nc1ccc2c(O)c(N=Nc3ccc(S(=O)(=O)CCOS(=O)(=O)[O-])cc3)c(S(=O)(=O)[O-])cc2c1N=Nc1ccc(S(=O)(=O)CCOS(=O)(=O)[O-])cc1.[Na+].[Na+].[Na+]. The van der Waals surface area contributed by atoms with Crippen LogP contribution in [0.2, 0.25) is 0 Å². The Kier molecular flexibility index (Phi) is 19.2. The van der Waals surface area contributed by atoms with Gasteiger partial charge in [0, 0.05) is 10.8 Å². The van der Waals surface area contributed by atoms with Gasteiger partial charge in [-0.05, 0) is 66.7 Å². The number of hydrogen-bond donors (Lipinski definition) is 2. The summed E-state index contributed by atoms with van der Waals surface area (Å²) in [5, 5.41) is 26.1. The smallest absolute Gasteiger partial charge is 0.744 e. The zero-order chi connectivity index (χ0) is 38.7. The van der Waals surface area contributed by atoms with Crippen LogP contribution >= 0.6 is 0 Å². The minimum atomic E-state index is -5.38. The molecule has 4 aromatic carbocycles. The van der Waals surface area contributed by atoms with Crippen molar-refractivity contribution in [1.82, 2.24) is 0 Å². The van der Waals surface area contributed by atoms with Crippen molar-refractivity contribution < 1.29 is 158 Å². The molecule has 0 saturated carbocycles. The number of benzene rings is 4. The fourth-order valence-electron chi connectivity index (χ4n) is 4.20. The number of nitrogens with zero attached hydrogens (tertiary/aromatic N) is 4. The number of sulfone groups is 2. The molecule has 29 heteroatoms. The summed E-state index contributed by atoms with van der Waals surface area (Å²) in [5.41, 5.74) is 4.88. The molecule has 4 rings (SSSR count). The zero-order valence-electron chi connectivity index (χ0n) is 28.7. The van der Waals surface area contributed by atoms with Crippen molar-refractivity contribution in [2.45, 2.75) is 14.7 Å². The Balaban J connectivity index is 0.00000504. The fourth-order valence-corrected chi connectivity index (χ4v) is 7.80. The molecule has 0 aliphatic heterocycles. The average Bonchev–Trinajstić information content (AvgIpc) is 3.02. The van der Waals surface area contributed by atoms with E-state index >= 15 is 0 Å². The van der Waals surface area contributed by atoms with Gasteiger partial charge in [-0.15, -0.1) is 10.2 Å². The third-order valence-corrected chi connectivity index (χ3v) is 11.7. The second kappa shape index (κ2) is 20.5. The number of phenols is 1. The monoisotopic (exact) mass is 889 g/mol. The minimum absolute atomic E-state index is 0. The number of hydrogen-bond acceptors (Lipinski definition) is 21. The first kappa shape index (κ1) is 51.5. The Labute approximate surface area is 381 Å². The van der Waals surface area contributed by atoms with Crippen LogP contribution < -0.4 is 94.4 Å². The number of fused-ring (bicyclic) bond motifs is 1. The topological polar surface area (TPSA) is 354 Å². The van der Waals surface area contributed by atoms with Gasteiger partial charge in [-0.1, -0.05) is 0 Å². The van der Waals surface area contributed by atoms with Crippen LogP contribution in [-0.2, 0) is 59.0 Å². The number of phenolic OH excluding ortho intramolecular Hbond substituents is 1. The summed E-state index contributed by atoms with van der Waals surface area (Å²) >= 11 is 0. The van der Waals surface area contributed by atoms with Gasteiger partial charge in [0.1, 0.15) is 21.5 Å². The van der Waals surface area contributed by atoms with Crippen LogP contribution in [-0.4, -0.2) is 85.6 Å². The van der Waals surface area contributed by atoms with E-state index in [-0.39, 0.29) is 132 Å². The Morgan fingerprint density at radius 2 is 0.964 bits per heavy atom. The van der Waals surface area contributed by atoms with E-state index in [9.17, 15) is 60.9 Å². The Hall–Kier alpha value is -1.51. The third-order valence-electron chi connectivity index (χ3n) is 6.59. The summed E-state index contributed by atoms with van der Waals surface area (Å²) in [7, 11) is -23.8. The van der Waals surface area contributed by atoms with Crippen molar-refractivity contribution >= 4 is 89.8 Å². The van der Waals surface area contributed by atoms with Crippen molar-refractivity contribution in [1.29, 1.82) is 0 Å². The van der Waals surface area contributed by atoms with Gasteiger partial charge in [-0.2, -0.15) is 10.2 Å². The van der Waals surface area contributed by atoms with E-state index in [4.69, 9.17) is 5.73 Å². The maximum Gasteiger partial charge on any atom is 1.00 e. The molecule has 0 saturated heterocycles. The van der Waals surface area contributed by atoms with Crippen LogP contribution in [0, 0.1) is 0 Å². The van der Waals surface area contributed by atoms with E-state index in [2.05, 4.69) is 28.8 Å². The van der Waals surface area contributed by atoms with E-state index in [1.807, 2.05) is 0 Å². The molecule has 0 unspecified atom stereocenters. The summed E-state index contributed by atoms with van der Waals surface area (Å²) < 4.78 is 157. The van der Waals surface area contributed by atoms with Crippen LogP contribution in [0.5, 0.6) is 5.75 Å². The molecule has 21 nitrogen and oxygen atoms in total. The van der Waals surface area contributed by atoms with Gasteiger partial charge in [0.25, 0.3) is 0 Å². The van der Waals surface area contributed by atoms with Crippen LogP contribution in [0.3, 0.4) is 0 Å². The number of nitrogen functional groups attached to an aromatic ring is 1. The predicted molar refractivity (Wildman–Crippen MR) is 175 cm³/mol. The van der Waals surface area contributed by atoms with E-state index in [0.29, 0.717) is 0 Å². The van der Waals surface area contributed by atoms with Crippen molar-refractivity contribution in [3.63, 3.8) is 0 Å². The molecule has 0 aliphatic rings. The summed E-state index contributed by atoms with van der Waals surface area (Å²) in [6, 6.07) is 12.2. The quantitative estimate of drug-likeness (QED) is 0.0368. The molecule has 0 aromatic heterocycles. The number of rotatable bonds is 15. The summed E-state index contributed by atoms with van der Waals surface area (Å²) in [5.74, 6) is -2.53. The maximum atomic E-state index is 12.4. The molecule has 0 aliphatic carbocycles. The normalized spacial score (nSPS) is 12.6. The maximum absolute atomic E-state index is 12.4. The minimum Gasteiger partial charge on any atom is -0.744 e. The summed E-state index contributed by atoms with van der Waals surface area (Å²) in [6.07, 6.45) is 0. The number of nitrogens with two attached hydrogens (primary N) is 1. The summed E-state index contributed by atoms with van der Waals surface area (Å²) in [4.78, 5) is -1.65. The molecule has 4 aromatic rings. The Morgan fingerprint density at radius 1 is 0.564 bits per heavy atom. The summed E-state index contributed by atoms with van der Waals surface area (Å²) in [6.45, 7) is -1.84. The van der Waals surface area contributed by atoms with Crippen LogP contribution in [0.15, 0.2) is 102 Å². The largest absolute Gasteiger partial charge is 1.00 e. The van der Waals surface area contributed by atoms with Gasteiger partial charge in [0.05, 0.1) is 56.5 Å². The van der Waals surface area contributed by atoms with E-state index < -0.39 is 91.6 Å². The van der Waals surface area contributed by atoms with Gasteiger partial charge >= 0.3 is 88.7 Å². The molecule has 0 radical (unpaired) electrons. The van der Waals surface area contributed by atoms with Crippen LogP contribution in [0.1, 0.15) is 0 Å².